The van der Waals surface area contributed by atoms with Crippen LogP contribution in [0.2, 0.25) is 0 Å². The second kappa shape index (κ2) is 6.91. The SMILES string of the molecule is N#Cc1cccc(NC(=O)CNc2ccc(I)cc2)c1. The van der Waals surface area contributed by atoms with Crippen LogP contribution in [-0.2, 0) is 4.79 Å². The van der Waals surface area contributed by atoms with E-state index in [1.807, 2.05) is 30.3 Å². The van der Waals surface area contributed by atoms with Gasteiger partial charge in [-0.25, -0.2) is 0 Å². The number of carbonyl (C=O) groups excluding carboxylic acids is 1. The average molecular weight is 377 g/mol. The van der Waals surface area contributed by atoms with Crippen molar-refractivity contribution in [3.05, 3.63) is 57.7 Å². The van der Waals surface area contributed by atoms with Crippen LogP contribution in [0.3, 0.4) is 0 Å². The molecule has 1 amide bonds. The van der Waals surface area contributed by atoms with Crippen molar-refractivity contribution >= 4 is 39.9 Å². The molecule has 0 aromatic heterocycles. The Bertz CT molecular complexity index is 647. The van der Waals surface area contributed by atoms with Gasteiger partial charge >= 0.3 is 0 Å². The third kappa shape index (κ3) is 4.24. The van der Waals surface area contributed by atoms with Gasteiger partial charge in [0.05, 0.1) is 18.2 Å². The Kier molecular flexibility index (Phi) is 4.96. The fourth-order valence-corrected chi connectivity index (χ4v) is 1.98. The van der Waals surface area contributed by atoms with Crippen LogP contribution in [0.1, 0.15) is 5.56 Å². The van der Waals surface area contributed by atoms with E-state index in [2.05, 4.69) is 33.2 Å². The number of nitrogens with zero attached hydrogens (tertiary/aromatic N) is 1. The van der Waals surface area contributed by atoms with Crippen molar-refractivity contribution in [3.8, 4) is 6.07 Å². The lowest BCUT2D eigenvalue weighted by Crippen LogP contribution is -2.21. The molecule has 0 aliphatic heterocycles. The molecule has 0 heterocycles. The molecule has 0 bridgehead atoms. The molecule has 0 saturated heterocycles. The first kappa shape index (κ1) is 14.3. The molecule has 0 aliphatic rings. The summed E-state index contributed by atoms with van der Waals surface area (Å²) in [6.45, 7) is 0.178. The first-order chi connectivity index (χ1) is 9.67. The van der Waals surface area contributed by atoms with Crippen molar-refractivity contribution in [1.29, 1.82) is 5.26 Å². The Hall–Kier alpha value is -2.07. The van der Waals surface area contributed by atoms with Gasteiger partial charge in [-0.2, -0.15) is 5.26 Å². The van der Waals surface area contributed by atoms with Crippen molar-refractivity contribution in [2.45, 2.75) is 0 Å². The fraction of sp³-hybridized carbons (Fsp3) is 0.0667. The predicted molar refractivity (Wildman–Crippen MR) is 87.4 cm³/mol. The van der Waals surface area contributed by atoms with Crippen molar-refractivity contribution in [3.63, 3.8) is 0 Å². The van der Waals surface area contributed by atoms with Gasteiger partial charge in [-0.1, -0.05) is 6.07 Å². The molecule has 0 spiro atoms. The number of rotatable bonds is 4. The van der Waals surface area contributed by atoms with E-state index >= 15 is 0 Å². The number of anilines is 2. The molecule has 2 aromatic rings. The quantitative estimate of drug-likeness (QED) is 0.805. The topological polar surface area (TPSA) is 64.9 Å². The van der Waals surface area contributed by atoms with Gasteiger partial charge < -0.3 is 10.6 Å². The highest BCUT2D eigenvalue weighted by Crippen LogP contribution is 2.12. The Morgan fingerprint density at radius 3 is 2.60 bits per heavy atom. The third-order valence-electron chi connectivity index (χ3n) is 2.57. The maximum atomic E-state index is 11.8. The van der Waals surface area contributed by atoms with E-state index in [4.69, 9.17) is 5.26 Å². The fourth-order valence-electron chi connectivity index (χ4n) is 1.62. The molecule has 100 valence electrons. The summed E-state index contributed by atoms with van der Waals surface area (Å²) in [4.78, 5) is 11.8. The molecule has 2 rings (SSSR count). The summed E-state index contributed by atoms with van der Waals surface area (Å²) in [6.07, 6.45) is 0. The normalized spacial score (nSPS) is 9.60. The van der Waals surface area contributed by atoms with Gasteiger partial charge in [-0.3, -0.25) is 4.79 Å². The van der Waals surface area contributed by atoms with Crippen molar-refractivity contribution in [2.75, 3.05) is 17.2 Å². The summed E-state index contributed by atoms with van der Waals surface area (Å²) in [7, 11) is 0. The molecule has 0 radical (unpaired) electrons. The molecular weight excluding hydrogens is 365 g/mol. The number of halogens is 1. The Labute approximate surface area is 130 Å². The van der Waals surface area contributed by atoms with Gasteiger partial charge in [0.2, 0.25) is 5.91 Å². The Morgan fingerprint density at radius 1 is 1.15 bits per heavy atom. The minimum absolute atomic E-state index is 0.154. The second-order valence-corrected chi connectivity index (χ2v) is 5.35. The minimum atomic E-state index is -0.154. The standard InChI is InChI=1S/C15H12IN3O/c16-12-4-6-13(7-5-12)18-10-15(20)19-14-3-1-2-11(8-14)9-17/h1-8,18H,10H2,(H,19,20). The molecule has 0 fully saturated rings. The van der Waals surface area contributed by atoms with Crippen LogP contribution in [0.4, 0.5) is 11.4 Å². The summed E-state index contributed by atoms with van der Waals surface area (Å²) in [6, 6.07) is 16.6. The number of amides is 1. The summed E-state index contributed by atoms with van der Waals surface area (Å²) in [5.41, 5.74) is 2.04. The molecule has 0 unspecified atom stereocenters. The van der Waals surface area contributed by atoms with Crippen LogP contribution in [0.5, 0.6) is 0 Å². The van der Waals surface area contributed by atoms with E-state index in [9.17, 15) is 4.79 Å². The zero-order valence-electron chi connectivity index (χ0n) is 10.6. The van der Waals surface area contributed by atoms with Crippen LogP contribution in [0.15, 0.2) is 48.5 Å². The monoisotopic (exact) mass is 377 g/mol. The lowest BCUT2D eigenvalue weighted by molar-refractivity contribution is -0.114. The van der Waals surface area contributed by atoms with Gasteiger partial charge in [0.25, 0.3) is 0 Å². The van der Waals surface area contributed by atoms with Gasteiger partial charge in [0, 0.05) is 14.9 Å². The molecule has 2 N–H and O–H groups in total. The van der Waals surface area contributed by atoms with E-state index < -0.39 is 0 Å². The molecule has 0 atom stereocenters. The Balaban J connectivity index is 1.89. The zero-order valence-corrected chi connectivity index (χ0v) is 12.7. The minimum Gasteiger partial charge on any atom is -0.376 e. The number of hydrogen-bond donors (Lipinski definition) is 2. The largest absolute Gasteiger partial charge is 0.376 e. The van der Waals surface area contributed by atoms with Gasteiger partial charge in [-0.05, 0) is 65.1 Å². The first-order valence-corrected chi connectivity index (χ1v) is 7.05. The molecule has 4 nitrogen and oxygen atoms in total. The highest BCUT2D eigenvalue weighted by atomic mass is 127. The van der Waals surface area contributed by atoms with Crippen molar-refractivity contribution in [1.82, 2.24) is 0 Å². The van der Waals surface area contributed by atoms with Crippen molar-refractivity contribution in [2.24, 2.45) is 0 Å². The van der Waals surface area contributed by atoms with Crippen LogP contribution in [-0.4, -0.2) is 12.5 Å². The van der Waals surface area contributed by atoms with Gasteiger partial charge in [-0.15, -0.1) is 0 Å². The molecule has 5 heteroatoms. The lowest BCUT2D eigenvalue weighted by Gasteiger charge is -2.08. The van der Waals surface area contributed by atoms with E-state index in [1.54, 1.807) is 24.3 Å². The predicted octanol–water partition coefficient (Wildman–Crippen LogP) is 3.21. The number of benzene rings is 2. The number of nitriles is 1. The maximum absolute atomic E-state index is 11.8. The maximum Gasteiger partial charge on any atom is 0.243 e. The van der Waals surface area contributed by atoms with Crippen LogP contribution in [0.25, 0.3) is 0 Å². The number of hydrogen-bond acceptors (Lipinski definition) is 3. The summed E-state index contributed by atoms with van der Waals surface area (Å²) < 4.78 is 1.14. The second-order valence-electron chi connectivity index (χ2n) is 4.10. The average Bonchev–Trinajstić information content (AvgIpc) is 2.47. The number of carbonyl (C=O) groups is 1. The van der Waals surface area contributed by atoms with E-state index in [1.165, 1.54) is 0 Å². The lowest BCUT2D eigenvalue weighted by atomic mass is 10.2. The van der Waals surface area contributed by atoms with Gasteiger partial charge in [0.15, 0.2) is 0 Å². The van der Waals surface area contributed by atoms with Crippen LogP contribution >= 0.6 is 22.6 Å². The summed E-state index contributed by atoms with van der Waals surface area (Å²) >= 11 is 2.23. The molecule has 0 aliphatic carbocycles. The zero-order chi connectivity index (χ0) is 14.4. The third-order valence-corrected chi connectivity index (χ3v) is 3.29. The highest BCUT2D eigenvalue weighted by Gasteiger charge is 2.03. The van der Waals surface area contributed by atoms with Crippen LogP contribution in [0, 0.1) is 14.9 Å². The molecule has 2 aromatic carbocycles. The molecule has 20 heavy (non-hydrogen) atoms. The molecular formula is C15H12IN3O. The van der Waals surface area contributed by atoms with E-state index in [0.29, 0.717) is 11.3 Å². The van der Waals surface area contributed by atoms with E-state index in [0.717, 1.165) is 9.26 Å². The van der Waals surface area contributed by atoms with Crippen molar-refractivity contribution < 1.29 is 4.79 Å². The smallest absolute Gasteiger partial charge is 0.243 e. The van der Waals surface area contributed by atoms with Gasteiger partial charge in [0.1, 0.15) is 0 Å². The van der Waals surface area contributed by atoms with Crippen LogP contribution < -0.4 is 10.6 Å². The molecule has 0 saturated carbocycles. The summed E-state index contributed by atoms with van der Waals surface area (Å²) in [5, 5.41) is 14.6. The number of nitrogens with one attached hydrogen (secondary N) is 2. The highest BCUT2D eigenvalue weighted by molar-refractivity contribution is 14.1. The summed E-state index contributed by atoms with van der Waals surface area (Å²) in [5.74, 6) is -0.154. The Morgan fingerprint density at radius 2 is 1.90 bits per heavy atom. The first-order valence-electron chi connectivity index (χ1n) is 5.97. The van der Waals surface area contributed by atoms with E-state index in [-0.39, 0.29) is 12.5 Å².